The zero-order chi connectivity index (χ0) is 15.3. The maximum Gasteiger partial charge on any atom is 0.381 e. The highest BCUT2D eigenvalue weighted by Crippen LogP contribution is 2.24. The van der Waals surface area contributed by atoms with E-state index in [9.17, 15) is 14.4 Å². The maximum atomic E-state index is 12.2. The number of hydrogen-bond donors (Lipinski definition) is 0. The fourth-order valence-corrected chi connectivity index (χ4v) is 3.07. The first-order valence-electron chi connectivity index (χ1n) is 6.27. The lowest BCUT2D eigenvalue weighted by Gasteiger charge is -2.11. The van der Waals surface area contributed by atoms with Gasteiger partial charge in [-0.25, -0.2) is 9.78 Å². The summed E-state index contributed by atoms with van der Waals surface area (Å²) in [4.78, 5) is 46.1. The van der Waals surface area contributed by atoms with Crippen molar-refractivity contribution in [1.29, 1.82) is 0 Å². The number of carbonyl (C=O) groups is 3. The predicted molar refractivity (Wildman–Crippen MR) is 75.4 cm³/mol. The Balaban J connectivity index is 1.65. The molecule has 0 spiro atoms. The summed E-state index contributed by atoms with van der Waals surface area (Å²) >= 11 is 1.26. The number of carbonyl (C=O) groups excluding carboxylic acids is 3. The van der Waals surface area contributed by atoms with Crippen molar-refractivity contribution in [3.8, 4) is 0 Å². The SMILES string of the molecule is O=C(ON1C(=O)c2ccccc2C1=O)c1csc2nccn12. The first kappa shape index (κ1) is 12.7. The van der Waals surface area contributed by atoms with Crippen LogP contribution in [0.3, 0.4) is 0 Å². The maximum absolute atomic E-state index is 12.2. The summed E-state index contributed by atoms with van der Waals surface area (Å²) in [7, 11) is 0. The van der Waals surface area contributed by atoms with Crippen LogP contribution in [0.1, 0.15) is 31.2 Å². The van der Waals surface area contributed by atoms with Gasteiger partial charge in [0.1, 0.15) is 5.69 Å². The number of thiazole rings is 1. The molecule has 7 nitrogen and oxygen atoms in total. The molecule has 3 aromatic rings. The molecule has 0 radical (unpaired) electrons. The van der Waals surface area contributed by atoms with Crippen LogP contribution in [0.4, 0.5) is 0 Å². The third-order valence-corrected chi connectivity index (χ3v) is 4.14. The Morgan fingerprint density at radius 3 is 2.50 bits per heavy atom. The van der Waals surface area contributed by atoms with E-state index in [-0.39, 0.29) is 16.8 Å². The van der Waals surface area contributed by atoms with Gasteiger partial charge in [-0.05, 0) is 12.1 Å². The molecule has 2 amide bonds. The Hall–Kier alpha value is -3.00. The third kappa shape index (κ3) is 1.67. The van der Waals surface area contributed by atoms with E-state index in [1.54, 1.807) is 29.9 Å². The van der Waals surface area contributed by atoms with Gasteiger partial charge in [-0.3, -0.25) is 14.0 Å². The largest absolute Gasteiger partial charge is 0.381 e. The predicted octanol–water partition coefficient (Wildman–Crippen LogP) is 1.76. The Kier molecular flexibility index (Phi) is 2.60. The molecule has 3 heterocycles. The Bertz CT molecular complexity index is 907. The van der Waals surface area contributed by atoms with Gasteiger partial charge in [0, 0.05) is 17.8 Å². The van der Waals surface area contributed by atoms with Gasteiger partial charge in [-0.1, -0.05) is 17.2 Å². The zero-order valence-electron chi connectivity index (χ0n) is 10.9. The summed E-state index contributed by atoms with van der Waals surface area (Å²) in [6, 6.07) is 6.32. The van der Waals surface area contributed by atoms with E-state index in [2.05, 4.69) is 4.98 Å². The molecule has 108 valence electrons. The van der Waals surface area contributed by atoms with E-state index in [0.29, 0.717) is 10.0 Å². The van der Waals surface area contributed by atoms with Gasteiger partial charge >= 0.3 is 5.97 Å². The molecule has 1 aliphatic rings. The van der Waals surface area contributed by atoms with Crippen molar-refractivity contribution < 1.29 is 19.2 Å². The standard InChI is InChI=1S/C14H7N3O4S/c18-11-8-3-1-2-4-9(8)12(19)17(11)21-13(20)10-7-22-14-15-5-6-16(10)14/h1-7H. The molecule has 4 rings (SSSR count). The topological polar surface area (TPSA) is 81.0 Å². The van der Waals surface area contributed by atoms with Gasteiger partial charge in [0.15, 0.2) is 4.96 Å². The lowest BCUT2D eigenvalue weighted by Crippen LogP contribution is -2.33. The summed E-state index contributed by atoms with van der Waals surface area (Å²) in [6.07, 6.45) is 3.15. The molecular formula is C14H7N3O4S. The van der Waals surface area contributed by atoms with Crippen LogP contribution in [0.5, 0.6) is 0 Å². The number of amides is 2. The lowest BCUT2D eigenvalue weighted by atomic mass is 10.1. The fraction of sp³-hybridized carbons (Fsp3) is 0. The van der Waals surface area contributed by atoms with Crippen LogP contribution >= 0.6 is 11.3 Å². The number of nitrogens with zero attached hydrogens (tertiary/aromatic N) is 3. The van der Waals surface area contributed by atoms with Crippen LogP contribution in [0.2, 0.25) is 0 Å². The number of imide groups is 1. The van der Waals surface area contributed by atoms with Gasteiger partial charge in [0.25, 0.3) is 11.8 Å². The molecule has 1 aliphatic heterocycles. The van der Waals surface area contributed by atoms with Crippen molar-refractivity contribution in [3.63, 3.8) is 0 Å². The van der Waals surface area contributed by atoms with Crippen molar-refractivity contribution in [2.75, 3.05) is 0 Å². The minimum absolute atomic E-state index is 0.203. The van der Waals surface area contributed by atoms with Crippen molar-refractivity contribution in [2.45, 2.75) is 0 Å². The van der Waals surface area contributed by atoms with Crippen LogP contribution in [-0.4, -0.2) is 32.2 Å². The highest BCUT2D eigenvalue weighted by Gasteiger charge is 2.39. The van der Waals surface area contributed by atoms with E-state index in [0.717, 1.165) is 0 Å². The highest BCUT2D eigenvalue weighted by molar-refractivity contribution is 7.15. The second kappa shape index (κ2) is 4.50. The van der Waals surface area contributed by atoms with Gasteiger partial charge < -0.3 is 4.84 Å². The normalized spacial score (nSPS) is 13.7. The van der Waals surface area contributed by atoms with Gasteiger partial charge in [0.05, 0.1) is 11.1 Å². The number of hydroxylamine groups is 2. The Morgan fingerprint density at radius 2 is 1.82 bits per heavy atom. The summed E-state index contributed by atoms with van der Waals surface area (Å²) in [5.74, 6) is -2.09. The molecule has 1 aromatic carbocycles. The summed E-state index contributed by atoms with van der Waals surface area (Å²) in [6.45, 7) is 0. The molecule has 0 fully saturated rings. The van der Waals surface area contributed by atoms with Crippen molar-refractivity contribution >= 4 is 34.1 Å². The van der Waals surface area contributed by atoms with E-state index in [1.807, 2.05) is 0 Å². The number of fused-ring (bicyclic) bond motifs is 2. The van der Waals surface area contributed by atoms with Crippen molar-refractivity contribution in [2.24, 2.45) is 0 Å². The second-order valence-electron chi connectivity index (χ2n) is 4.53. The molecular weight excluding hydrogens is 306 g/mol. The van der Waals surface area contributed by atoms with E-state index in [4.69, 9.17) is 4.84 Å². The van der Waals surface area contributed by atoms with Crippen LogP contribution in [0.25, 0.3) is 4.96 Å². The zero-order valence-corrected chi connectivity index (χ0v) is 11.7. The highest BCUT2D eigenvalue weighted by atomic mass is 32.1. The molecule has 22 heavy (non-hydrogen) atoms. The lowest BCUT2D eigenvalue weighted by molar-refractivity contribution is -0.0589. The van der Waals surface area contributed by atoms with E-state index in [1.165, 1.54) is 27.9 Å². The van der Waals surface area contributed by atoms with E-state index < -0.39 is 17.8 Å². The minimum atomic E-state index is -0.793. The van der Waals surface area contributed by atoms with Crippen molar-refractivity contribution in [3.05, 3.63) is 58.9 Å². The van der Waals surface area contributed by atoms with E-state index >= 15 is 0 Å². The molecule has 0 atom stereocenters. The average Bonchev–Trinajstić information content (AvgIpc) is 3.18. The first-order chi connectivity index (χ1) is 10.7. The molecule has 0 saturated carbocycles. The molecule has 8 heteroatoms. The molecule has 0 bridgehead atoms. The number of hydrogen-bond acceptors (Lipinski definition) is 6. The summed E-state index contributed by atoms with van der Waals surface area (Å²) < 4.78 is 1.53. The second-order valence-corrected chi connectivity index (χ2v) is 5.37. The quantitative estimate of drug-likeness (QED) is 0.673. The number of aromatic nitrogens is 2. The van der Waals surface area contributed by atoms with Gasteiger partial charge in [0.2, 0.25) is 0 Å². The first-order valence-corrected chi connectivity index (χ1v) is 7.15. The van der Waals surface area contributed by atoms with Crippen LogP contribution in [-0.2, 0) is 4.84 Å². The number of imidazole rings is 1. The molecule has 0 saturated heterocycles. The minimum Gasteiger partial charge on any atom is -0.323 e. The fourth-order valence-electron chi connectivity index (χ4n) is 2.25. The van der Waals surface area contributed by atoms with Crippen molar-refractivity contribution in [1.82, 2.24) is 14.4 Å². The third-order valence-electron chi connectivity index (χ3n) is 3.28. The molecule has 2 aromatic heterocycles. The smallest absolute Gasteiger partial charge is 0.323 e. The van der Waals surface area contributed by atoms with Gasteiger partial charge in [-0.2, -0.15) is 0 Å². The molecule has 0 N–H and O–H groups in total. The Labute approximate surface area is 127 Å². The summed E-state index contributed by atoms with van der Waals surface area (Å²) in [5, 5.41) is 2.05. The monoisotopic (exact) mass is 313 g/mol. The summed E-state index contributed by atoms with van der Waals surface area (Å²) in [5.41, 5.74) is 0.644. The number of benzene rings is 1. The Morgan fingerprint density at radius 1 is 1.14 bits per heavy atom. The van der Waals surface area contributed by atoms with Crippen LogP contribution in [0.15, 0.2) is 42.0 Å². The molecule has 0 unspecified atom stereocenters. The molecule has 0 aliphatic carbocycles. The van der Waals surface area contributed by atoms with Crippen LogP contribution < -0.4 is 0 Å². The number of rotatable bonds is 2. The van der Waals surface area contributed by atoms with Crippen LogP contribution in [0, 0.1) is 0 Å². The average molecular weight is 313 g/mol. The van der Waals surface area contributed by atoms with Gasteiger partial charge in [-0.15, -0.1) is 11.3 Å².